The van der Waals surface area contributed by atoms with E-state index in [2.05, 4.69) is 5.32 Å². The number of ether oxygens (including phenoxy) is 1. The summed E-state index contributed by atoms with van der Waals surface area (Å²) in [4.78, 5) is 29.6. The highest BCUT2D eigenvalue weighted by atomic mass is 16.5. The first-order valence-corrected chi connectivity index (χ1v) is 9.05. The maximum atomic E-state index is 12.5. The Morgan fingerprint density at radius 1 is 1.31 bits per heavy atom. The van der Waals surface area contributed by atoms with Crippen LogP contribution in [0.25, 0.3) is 0 Å². The Bertz CT molecular complexity index is 629. The number of carbonyl (C=O) groups excluding carboxylic acids is 2. The Hall–Kier alpha value is -2.32. The van der Waals surface area contributed by atoms with Gasteiger partial charge in [0.15, 0.2) is 0 Å². The van der Waals surface area contributed by atoms with Crippen molar-refractivity contribution >= 4 is 17.6 Å². The molecule has 1 aromatic carbocycles. The van der Waals surface area contributed by atoms with Gasteiger partial charge in [-0.05, 0) is 24.3 Å². The molecule has 3 rings (SSSR count). The average Bonchev–Trinajstić information content (AvgIpc) is 3.02. The SMILES string of the molecule is COc1ccc(N2C[C@@H](NC(=O)N3CC[NH+](CCO)CC3)CC2=O)cc1. The fourth-order valence-electron chi connectivity index (χ4n) is 3.52. The number of aliphatic hydroxyl groups is 1. The Morgan fingerprint density at radius 3 is 2.62 bits per heavy atom. The first kappa shape index (κ1) is 18.5. The van der Waals surface area contributed by atoms with Crippen molar-refractivity contribution < 1.29 is 24.3 Å². The molecule has 142 valence electrons. The summed E-state index contributed by atoms with van der Waals surface area (Å²) in [6.45, 7) is 4.40. The molecule has 0 aliphatic carbocycles. The molecule has 0 bridgehead atoms. The van der Waals surface area contributed by atoms with E-state index in [0.717, 1.165) is 31.1 Å². The fraction of sp³-hybridized carbons (Fsp3) is 0.556. The summed E-state index contributed by atoms with van der Waals surface area (Å²) in [6, 6.07) is 7.06. The van der Waals surface area contributed by atoms with Gasteiger partial charge in [-0.1, -0.05) is 0 Å². The molecule has 1 atom stereocenters. The number of methoxy groups -OCH3 is 1. The van der Waals surface area contributed by atoms with Gasteiger partial charge < -0.3 is 29.9 Å². The van der Waals surface area contributed by atoms with Gasteiger partial charge in [0, 0.05) is 18.7 Å². The van der Waals surface area contributed by atoms with E-state index < -0.39 is 0 Å². The number of hydrogen-bond donors (Lipinski definition) is 3. The van der Waals surface area contributed by atoms with Gasteiger partial charge in [-0.3, -0.25) is 4.79 Å². The normalized spacial score (nSPS) is 21.2. The molecule has 0 aromatic heterocycles. The minimum absolute atomic E-state index is 0.0117. The van der Waals surface area contributed by atoms with Gasteiger partial charge in [-0.25, -0.2) is 4.79 Å². The number of hydrogen-bond acceptors (Lipinski definition) is 4. The van der Waals surface area contributed by atoms with Crippen molar-refractivity contribution in [3.05, 3.63) is 24.3 Å². The molecule has 0 spiro atoms. The summed E-state index contributed by atoms with van der Waals surface area (Å²) < 4.78 is 5.14. The van der Waals surface area contributed by atoms with Gasteiger partial charge in [0.05, 0.1) is 45.9 Å². The van der Waals surface area contributed by atoms with Gasteiger partial charge >= 0.3 is 6.03 Å². The monoisotopic (exact) mass is 363 g/mol. The second-order valence-corrected chi connectivity index (χ2v) is 6.76. The van der Waals surface area contributed by atoms with E-state index in [0.29, 0.717) is 26.1 Å². The van der Waals surface area contributed by atoms with E-state index in [-0.39, 0.29) is 24.6 Å². The fourth-order valence-corrected chi connectivity index (χ4v) is 3.52. The highest BCUT2D eigenvalue weighted by Gasteiger charge is 2.33. The molecule has 8 heteroatoms. The highest BCUT2D eigenvalue weighted by molar-refractivity contribution is 5.96. The van der Waals surface area contributed by atoms with Crippen LogP contribution in [-0.4, -0.2) is 81.0 Å². The molecule has 1 aromatic rings. The van der Waals surface area contributed by atoms with Crippen LogP contribution >= 0.6 is 0 Å². The number of piperazine rings is 1. The standard InChI is InChI=1S/C18H26N4O4/c1-26-16-4-2-15(3-5-16)22-13-14(12-17(22)24)19-18(25)21-8-6-20(7-9-21)10-11-23/h2-5,14,23H,6-13H2,1H3,(H,19,25)/p+1/t14-/m0/s1. The number of amides is 3. The van der Waals surface area contributed by atoms with E-state index in [1.54, 1.807) is 16.9 Å². The van der Waals surface area contributed by atoms with Gasteiger partial charge in [-0.2, -0.15) is 0 Å². The van der Waals surface area contributed by atoms with Crippen molar-refractivity contribution in [1.82, 2.24) is 10.2 Å². The van der Waals surface area contributed by atoms with Crippen molar-refractivity contribution in [2.24, 2.45) is 0 Å². The minimum atomic E-state index is -0.181. The van der Waals surface area contributed by atoms with Crippen LogP contribution in [0.2, 0.25) is 0 Å². The third-order valence-electron chi connectivity index (χ3n) is 5.06. The summed E-state index contributed by atoms with van der Waals surface area (Å²) in [6.07, 6.45) is 0.313. The lowest BCUT2D eigenvalue weighted by atomic mass is 10.2. The number of rotatable bonds is 5. The molecule has 3 amide bonds. The van der Waals surface area contributed by atoms with Crippen LogP contribution in [0.4, 0.5) is 10.5 Å². The molecule has 26 heavy (non-hydrogen) atoms. The Kier molecular flexibility index (Phi) is 5.95. The third-order valence-corrected chi connectivity index (χ3v) is 5.06. The lowest BCUT2D eigenvalue weighted by Gasteiger charge is -2.32. The summed E-state index contributed by atoms with van der Waals surface area (Å²) >= 11 is 0. The zero-order chi connectivity index (χ0) is 18.5. The van der Waals surface area contributed by atoms with Crippen molar-refractivity contribution in [2.45, 2.75) is 12.5 Å². The minimum Gasteiger partial charge on any atom is -0.497 e. The molecule has 2 fully saturated rings. The van der Waals surface area contributed by atoms with Gasteiger partial charge in [0.1, 0.15) is 12.3 Å². The van der Waals surface area contributed by atoms with Crippen LogP contribution in [0.15, 0.2) is 24.3 Å². The predicted octanol–water partition coefficient (Wildman–Crippen LogP) is -1.30. The van der Waals surface area contributed by atoms with Crippen LogP contribution in [0.3, 0.4) is 0 Å². The van der Waals surface area contributed by atoms with E-state index in [9.17, 15) is 9.59 Å². The van der Waals surface area contributed by atoms with Gasteiger partial charge in [0.2, 0.25) is 5.91 Å². The smallest absolute Gasteiger partial charge is 0.318 e. The van der Waals surface area contributed by atoms with Crippen molar-refractivity contribution in [1.29, 1.82) is 0 Å². The van der Waals surface area contributed by atoms with Crippen LogP contribution in [0.5, 0.6) is 5.75 Å². The maximum Gasteiger partial charge on any atom is 0.318 e. The molecule has 2 aliphatic rings. The number of benzene rings is 1. The second kappa shape index (κ2) is 8.37. The summed E-state index contributed by atoms with van der Waals surface area (Å²) in [5.74, 6) is 0.755. The zero-order valence-corrected chi connectivity index (χ0v) is 15.1. The van der Waals surface area contributed by atoms with E-state index in [1.807, 2.05) is 24.3 Å². The summed E-state index contributed by atoms with van der Waals surface area (Å²) in [5, 5.41) is 12.0. The van der Waals surface area contributed by atoms with Gasteiger partial charge in [-0.15, -0.1) is 0 Å². The largest absolute Gasteiger partial charge is 0.497 e. The zero-order valence-electron chi connectivity index (χ0n) is 15.1. The molecular formula is C18H27N4O4+. The summed E-state index contributed by atoms with van der Waals surface area (Å²) in [7, 11) is 1.60. The first-order chi connectivity index (χ1) is 12.6. The number of carbonyl (C=O) groups is 2. The molecular weight excluding hydrogens is 336 g/mol. The van der Waals surface area contributed by atoms with E-state index in [4.69, 9.17) is 9.84 Å². The van der Waals surface area contributed by atoms with Crippen LogP contribution < -0.4 is 19.9 Å². The molecule has 0 unspecified atom stereocenters. The molecule has 2 heterocycles. The molecule has 3 N–H and O–H groups in total. The molecule has 2 saturated heterocycles. The Balaban J connectivity index is 1.51. The summed E-state index contributed by atoms with van der Waals surface area (Å²) in [5.41, 5.74) is 0.814. The molecule has 0 radical (unpaired) electrons. The van der Waals surface area contributed by atoms with Crippen molar-refractivity contribution in [3.63, 3.8) is 0 Å². The van der Waals surface area contributed by atoms with Crippen LogP contribution in [-0.2, 0) is 4.79 Å². The van der Waals surface area contributed by atoms with E-state index >= 15 is 0 Å². The van der Waals surface area contributed by atoms with Crippen molar-refractivity contribution in [3.8, 4) is 5.75 Å². The number of nitrogens with zero attached hydrogens (tertiary/aromatic N) is 2. The second-order valence-electron chi connectivity index (χ2n) is 6.76. The van der Waals surface area contributed by atoms with E-state index in [1.165, 1.54) is 4.90 Å². The number of urea groups is 1. The first-order valence-electron chi connectivity index (χ1n) is 9.05. The highest BCUT2D eigenvalue weighted by Crippen LogP contribution is 2.24. The Morgan fingerprint density at radius 2 is 2.00 bits per heavy atom. The number of anilines is 1. The predicted molar refractivity (Wildman–Crippen MR) is 96.5 cm³/mol. The number of nitrogens with one attached hydrogen (secondary N) is 2. The quantitative estimate of drug-likeness (QED) is 0.607. The van der Waals surface area contributed by atoms with Crippen molar-refractivity contribution in [2.75, 3.05) is 57.9 Å². The molecule has 0 saturated carbocycles. The lowest BCUT2D eigenvalue weighted by Crippen LogP contribution is -3.15. The van der Waals surface area contributed by atoms with Crippen LogP contribution in [0, 0.1) is 0 Å². The Labute approximate surface area is 153 Å². The number of quaternary nitrogens is 1. The van der Waals surface area contributed by atoms with Gasteiger partial charge in [0.25, 0.3) is 0 Å². The molecule has 8 nitrogen and oxygen atoms in total. The number of aliphatic hydroxyl groups excluding tert-OH is 1. The topological polar surface area (TPSA) is 86.6 Å². The average molecular weight is 363 g/mol. The van der Waals surface area contributed by atoms with Crippen LogP contribution in [0.1, 0.15) is 6.42 Å². The third kappa shape index (κ3) is 4.25. The maximum absolute atomic E-state index is 12.5. The lowest BCUT2D eigenvalue weighted by molar-refractivity contribution is -0.904. The molecule has 2 aliphatic heterocycles.